The molecule has 8 unspecified atom stereocenters. The van der Waals surface area contributed by atoms with E-state index in [0.717, 1.165) is 28.7 Å². The molecule has 2 aromatic carbocycles. The lowest BCUT2D eigenvalue weighted by molar-refractivity contribution is -0.181. The zero-order chi connectivity index (χ0) is 88.7. The van der Waals surface area contributed by atoms with Crippen molar-refractivity contribution in [3.8, 4) is 0 Å². The molecule has 1 aliphatic carbocycles. The van der Waals surface area contributed by atoms with Crippen LogP contribution in [-0.2, 0) is 61.6 Å². The van der Waals surface area contributed by atoms with Crippen LogP contribution >= 0.6 is 0 Å². The Hall–Kier alpha value is -5.86. The lowest BCUT2D eigenvalue weighted by Crippen LogP contribution is -2.66. The normalized spacial score (nSPS) is 23.8. The summed E-state index contributed by atoms with van der Waals surface area (Å²) < 4.78 is 0. The fraction of sp³-hybridized carbons (Fsp3) is 0.773. The quantitative estimate of drug-likeness (QED) is 0.230. The SMILES string of the molecule is CC(C)(C)C1C(=O)N(C(C)(C)C)C(=O)C(C(C)(C)C)C1C(C)(C)C.CC(C)(C)C1C(=O)N(C(C)(C)C)C(=O)C1C(C)(C)C.CC(C)(C)C1CC(C(C)(C)C)C2C(=O)N(C(C)(C)C)C(=O)C21.CC(C)(C)c1cc(C(C)(C)C)c(C(C)(C)C)c2c1C(=O)N(C(C)(C)C)C(=O)C2.CC(C)(C)c1ccc2c(c1)C(=O)N(C(C)(C)C)C2=O. The number of nitrogens with zero attached hydrogens (tertiary/aromatic N) is 5. The summed E-state index contributed by atoms with van der Waals surface area (Å²) in [7, 11) is 0. The van der Waals surface area contributed by atoms with E-state index in [1.165, 1.54) is 25.8 Å². The third-order valence-electron chi connectivity index (χ3n) is 23.6. The number of benzene rings is 2. The fourth-order valence-corrected chi connectivity index (χ4v) is 18.7. The molecule has 112 heavy (non-hydrogen) atoms. The molecule has 8 rings (SSSR count). The second-order valence-corrected chi connectivity index (χ2v) is 50.5. The molecule has 3 saturated heterocycles. The third-order valence-corrected chi connectivity index (χ3v) is 23.6. The van der Waals surface area contributed by atoms with Crippen molar-refractivity contribution in [3.05, 3.63) is 68.8 Å². The van der Waals surface area contributed by atoms with Gasteiger partial charge in [-0.15, -0.1) is 0 Å². The van der Waals surface area contributed by atoms with E-state index in [-0.39, 0.29) is 178 Å². The van der Waals surface area contributed by atoms with Gasteiger partial charge in [-0.2, -0.15) is 0 Å². The Morgan fingerprint density at radius 3 is 0.848 bits per heavy atom. The Balaban J connectivity index is 0.000000297. The van der Waals surface area contributed by atoms with Crippen LogP contribution in [0.1, 0.15) is 398 Å². The molecule has 0 aromatic heterocycles. The monoisotopic (exact) mass is 1560 g/mol. The number of hydrogen-bond acceptors (Lipinski definition) is 10. The smallest absolute Gasteiger partial charge is 0.262 e. The third kappa shape index (κ3) is 20.7. The predicted molar refractivity (Wildman–Crippen MR) is 460 cm³/mol. The van der Waals surface area contributed by atoms with Gasteiger partial charge in [-0.05, 0) is 228 Å². The molecule has 8 atom stereocenters. The number of amides is 10. The topological polar surface area (TPSA) is 187 Å². The van der Waals surface area contributed by atoms with Crippen molar-refractivity contribution >= 4 is 59.1 Å². The number of hydrogen-bond donors (Lipinski definition) is 0. The van der Waals surface area contributed by atoms with Crippen molar-refractivity contribution in [2.75, 3.05) is 0 Å². The van der Waals surface area contributed by atoms with E-state index in [2.05, 4.69) is 193 Å². The lowest BCUT2D eigenvalue weighted by atomic mass is 9.53. The number of imide groups is 5. The van der Waals surface area contributed by atoms with Gasteiger partial charge in [0.2, 0.25) is 41.4 Å². The summed E-state index contributed by atoms with van der Waals surface area (Å²) in [6.45, 7) is 99.7. The van der Waals surface area contributed by atoms with Crippen LogP contribution in [0.15, 0.2) is 24.3 Å². The van der Waals surface area contributed by atoms with Gasteiger partial charge in [0.25, 0.3) is 17.7 Å². The number of carbonyl (C=O) groups excluding carboxylic acids is 10. The van der Waals surface area contributed by atoms with Gasteiger partial charge < -0.3 is 0 Å². The second kappa shape index (κ2) is 30.9. The van der Waals surface area contributed by atoms with Crippen molar-refractivity contribution < 1.29 is 47.9 Å². The van der Waals surface area contributed by atoms with Crippen molar-refractivity contribution in [2.24, 2.45) is 91.2 Å². The Kier molecular flexibility index (Phi) is 27.2. The van der Waals surface area contributed by atoms with Gasteiger partial charge in [-0.1, -0.05) is 241 Å². The Bertz CT molecular complexity index is 3830. The standard InChI is InChI=1S/C25H39NO2.C21H39NO2.C19H33NO2.C16H21NO2.C16H29NO2/c1-22(2,3)16-14-17(23(4,5)6)20(24(7,8)9)15-13-18(27)26(25(10,11)12)21(28)19(15)16;1-18(2,3)13-14(19(4,5)6)16(23)22(21(10,11)12)17(24)15(13)20(7,8)9;1-17(2,3)11-10-12(18(4,5)6)14-13(11)15(21)20(16(14)22)19(7,8)9;1-15(2,3)10-7-8-11-12(9-10)14(19)17(13(11)18)16(4,5)6;1-14(2,3)10-11(15(4,5)6)13(19)17(12(10)18)16(7,8)9/h14H,13H2,1-12H3;13-15H,1-12H3;11-14H,10H2,1-9H3;7-9H,1-6H3;10-11H,1-9H3. The summed E-state index contributed by atoms with van der Waals surface area (Å²) in [4.78, 5) is 138. The van der Waals surface area contributed by atoms with Crippen LogP contribution in [0.2, 0.25) is 0 Å². The minimum Gasteiger partial charge on any atom is -0.277 e. The molecule has 15 nitrogen and oxygen atoms in total. The molecule has 0 bridgehead atoms. The van der Waals surface area contributed by atoms with Crippen LogP contribution < -0.4 is 0 Å². The molecule has 634 valence electrons. The molecule has 4 fully saturated rings. The van der Waals surface area contributed by atoms with E-state index in [0.29, 0.717) is 11.1 Å². The molecule has 10 amide bonds. The van der Waals surface area contributed by atoms with Gasteiger partial charge in [0.05, 0.1) is 41.2 Å². The minimum atomic E-state index is -0.536. The fourth-order valence-electron chi connectivity index (χ4n) is 18.7. The number of rotatable bonds is 0. The van der Waals surface area contributed by atoms with E-state index >= 15 is 0 Å². The number of fused-ring (bicyclic) bond motifs is 3. The maximum atomic E-state index is 13.7. The first-order valence-corrected chi connectivity index (χ1v) is 41.7. The summed E-state index contributed by atoms with van der Waals surface area (Å²) in [6.07, 6.45) is 1.27. The van der Waals surface area contributed by atoms with E-state index in [4.69, 9.17) is 0 Å². The zero-order valence-electron chi connectivity index (χ0n) is 80.2. The average molecular weight is 1560 g/mol. The van der Waals surface area contributed by atoms with Crippen molar-refractivity contribution in [1.82, 2.24) is 24.5 Å². The summed E-state index contributed by atoms with van der Waals surface area (Å²) in [5.41, 5.74) is 3.60. The lowest BCUT2D eigenvalue weighted by Gasteiger charge is -2.56. The Morgan fingerprint density at radius 1 is 0.277 bits per heavy atom. The van der Waals surface area contributed by atoms with Crippen LogP contribution in [-0.4, -0.2) is 111 Å². The molecule has 15 heteroatoms. The Morgan fingerprint density at radius 2 is 0.580 bits per heavy atom. The second-order valence-electron chi connectivity index (χ2n) is 50.5. The van der Waals surface area contributed by atoms with Gasteiger partial charge in [0.15, 0.2) is 0 Å². The largest absolute Gasteiger partial charge is 0.277 e. The van der Waals surface area contributed by atoms with Gasteiger partial charge in [-0.25, -0.2) is 0 Å². The first kappa shape index (κ1) is 98.5. The van der Waals surface area contributed by atoms with Crippen molar-refractivity contribution in [2.45, 2.75) is 395 Å². The first-order valence-electron chi connectivity index (χ1n) is 41.7. The highest BCUT2D eigenvalue weighted by Gasteiger charge is 2.65. The predicted octanol–water partition coefficient (Wildman–Crippen LogP) is 22.0. The van der Waals surface area contributed by atoms with Crippen LogP contribution in [0.3, 0.4) is 0 Å². The van der Waals surface area contributed by atoms with Crippen LogP contribution in [0, 0.1) is 91.2 Å². The van der Waals surface area contributed by atoms with E-state index in [1.807, 2.05) is 158 Å². The van der Waals surface area contributed by atoms with Crippen molar-refractivity contribution in [1.29, 1.82) is 0 Å². The Labute approximate surface area is 682 Å². The zero-order valence-corrected chi connectivity index (χ0v) is 80.2. The molecule has 1 saturated carbocycles. The maximum absolute atomic E-state index is 13.7. The molecule has 2 aromatic rings. The summed E-state index contributed by atoms with van der Waals surface area (Å²) in [5, 5.41) is 0. The van der Waals surface area contributed by atoms with Crippen molar-refractivity contribution in [3.63, 3.8) is 0 Å². The van der Waals surface area contributed by atoms with Gasteiger partial charge in [0, 0.05) is 45.1 Å². The number of carbonyl (C=O) groups is 10. The number of piperidine rings is 1. The van der Waals surface area contributed by atoms with Crippen LogP contribution in [0.4, 0.5) is 0 Å². The molecule has 0 radical (unpaired) electrons. The maximum Gasteiger partial charge on any atom is 0.262 e. The van der Waals surface area contributed by atoms with Gasteiger partial charge >= 0.3 is 0 Å². The molecular weight excluding hydrogens is 1400 g/mol. The molecule has 0 N–H and O–H groups in total. The van der Waals surface area contributed by atoms with E-state index in [1.54, 1.807) is 15.9 Å². The molecule has 5 aliphatic heterocycles. The highest BCUT2D eigenvalue weighted by molar-refractivity contribution is 6.22. The summed E-state index contributed by atoms with van der Waals surface area (Å²) in [6, 6.07) is 7.83. The first-order chi connectivity index (χ1) is 49.0. The van der Waals surface area contributed by atoms with Crippen LogP contribution in [0.25, 0.3) is 0 Å². The van der Waals surface area contributed by atoms with Crippen LogP contribution in [0.5, 0.6) is 0 Å². The molecule has 5 heterocycles. The van der Waals surface area contributed by atoms with Gasteiger partial charge in [0.1, 0.15) is 0 Å². The molecule has 6 aliphatic rings. The number of likely N-dealkylation sites (tertiary alicyclic amines) is 3. The average Bonchev–Trinajstić information content (AvgIpc) is 1.26. The highest BCUT2D eigenvalue weighted by atomic mass is 16.2. The summed E-state index contributed by atoms with van der Waals surface area (Å²) in [5.74, 6) is -0.975. The molecule has 0 spiro atoms. The van der Waals surface area contributed by atoms with E-state index in [9.17, 15) is 47.9 Å². The van der Waals surface area contributed by atoms with E-state index < -0.39 is 27.7 Å². The minimum absolute atomic E-state index is 0.000394. The highest BCUT2D eigenvalue weighted by Crippen LogP contribution is 2.60. The molecular formula is C97H161N5O10. The summed E-state index contributed by atoms with van der Waals surface area (Å²) >= 11 is 0. The van der Waals surface area contributed by atoms with Gasteiger partial charge in [-0.3, -0.25) is 72.4 Å².